The van der Waals surface area contributed by atoms with E-state index in [1.165, 1.54) is 32.6 Å². The van der Waals surface area contributed by atoms with Crippen LogP contribution in [0.15, 0.2) is 186 Å². The Morgan fingerprint density at radius 2 is 1.04 bits per heavy atom. The van der Waals surface area contributed by atoms with E-state index < -0.39 is 0 Å². The van der Waals surface area contributed by atoms with Crippen molar-refractivity contribution in [2.75, 3.05) is 4.90 Å². The van der Waals surface area contributed by atoms with Gasteiger partial charge in [-0.1, -0.05) is 115 Å². The van der Waals surface area contributed by atoms with Gasteiger partial charge in [0, 0.05) is 49.9 Å². The second-order valence-electron chi connectivity index (χ2n) is 12.5. The molecule has 0 bridgehead atoms. The molecule has 49 heavy (non-hydrogen) atoms. The third-order valence-corrected chi connectivity index (χ3v) is 9.78. The normalized spacial score (nSPS) is 11.7. The Morgan fingerprint density at radius 3 is 1.86 bits per heavy atom. The predicted molar refractivity (Wildman–Crippen MR) is 206 cm³/mol. The van der Waals surface area contributed by atoms with E-state index in [9.17, 15) is 0 Å². The van der Waals surface area contributed by atoms with Crippen LogP contribution < -0.4 is 4.90 Å². The van der Waals surface area contributed by atoms with Gasteiger partial charge in [-0.15, -0.1) is 0 Å². The van der Waals surface area contributed by atoms with E-state index in [-0.39, 0.29) is 0 Å². The smallest absolute Gasteiger partial charge is 0.143 e. The molecule has 3 heteroatoms. The summed E-state index contributed by atoms with van der Waals surface area (Å²) in [5.74, 6) is 0. The van der Waals surface area contributed by atoms with Gasteiger partial charge in [0.25, 0.3) is 0 Å². The molecule has 0 spiro atoms. The number of furan rings is 1. The highest BCUT2D eigenvalue weighted by Crippen LogP contribution is 2.40. The van der Waals surface area contributed by atoms with Crippen LogP contribution in [-0.4, -0.2) is 4.57 Å². The lowest BCUT2D eigenvalue weighted by atomic mass is 10.0. The maximum absolute atomic E-state index is 6.36. The second kappa shape index (κ2) is 11.0. The van der Waals surface area contributed by atoms with Crippen molar-refractivity contribution in [1.29, 1.82) is 0 Å². The number of hydrogen-bond donors (Lipinski definition) is 0. The van der Waals surface area contributed by atoms with E-state index in [4.69, 9.17) is 4.42 Å². The summed E-state index contributed by atoms with van der Waals surface area (Å²) in [7, 11) is 0. The molecule has 0 fully saturated rings. The number of aromatic nitrogens is 1. The number of rotatable bonds is 5. The van der Waals surface area contributed by atoms with Crippen LogP contribution in [0, 0.1) is 0 Å². The molecular formula is C46H30N2O. The zero-order valence-corrected chi connectivity index (χ0v) is 26.6. The number of fused-ring (bicyclic) bond motifs is 8. The van der Waals surface area contributed by atoms with Crippen LogP contribution in [0.25, 0.3) is 71.3 Å². The van der Waals surface area contributed by atoms with E-state index in [0.717, 1.165) is 55.8 Å². The fourth-order valence-corrected chi connectivity index (χ4v) is 7.56. The van der Waals surface area contributed by atoms with Crippen molar-refractivity contribution in [1.82, 2.24) is 4.57 Å². The number of nitrogens with zero attached hydrogens (tertiary/aromatic N) is 2. The number of anilines is 3. The van der Waals surface area contributed by atoms with Crippen molar-refractivity contribution >= 4 is 71.6 Å². The summed E-state index contributed by atoms with van der Waals surface area (Å²) < 4.78 is 8.75. The van der Waals surface area contributed by atoms with Crippen LogP contribution in [0.2, 0.25) is 0 Å². The molecular weight excluding hydrogens is 597 g/mol. The van der Waals surface area contributed by atoms with Gasteiger partial charge in [-0.3, -0.25) is 0 Å². The Kier molecular flexibility index (Phi) is 6.18. The molecule has 0 atom stereocenters. The standard InChI is InChI=1S/C46H30N2O/c1-2-12-33(13-3-1)47(34-24-21-32(22-25-34)38-17-10-18-40-39-15-7-9-20-44(39)49-46(38)40)35-26-28-36(29-27-35)48-42-19-8-6-16-41(42)45-37-14-5-4-11-31(37)23-30-43(45)48/h1-30H. The average molecular weight is 627 g/mol. The van der Waals surface area contributed by atoms with Gasteiger partial charge in [0.2, 0.25) is 0 Å². The van der Waals surface area contributed by atoms with E-state index >= 15 is 0 Å². The molecule has 0 saturated heterocycles. The fraction of sp³-hybridized carbons (Fsp3) is 0. The van der Waals surface area contributed by atoms with E-state index in [2.05, 4.69) is 179 Å². The molecule has 8 aromatic carbocycles. The summed E-state index contributed by atoms with van der Waals surface area (Å²) in [4.78, 5) is 2.31. The Balaban J connectivity index is 1.07. The first-order valence-electron chi connectivity index (χ1n) is 16.7. The Hall–Kier alpha value is -6.58. The lowest BCUT2D eigenvalue weighted by Gasteiger charge is -2.26. The highest BCUT2D eigenvalue weighted by atomic mass is 16.3. The van der Waals surface area contributed by atoms with Gasteiger partial charge in [-0.2, -0.15) is 0 Å². The minimum Gasteiger partial charge on any atom is -0.455 e. The Labute approximate surface area is 283 Å². The minimum atomic E-state index is 0.912. The van der Waals surface area contributed by atoms with Gasteiger partial charge in [-0.05, 0) is 83.1 Å². The van der Waals surface area contributed by atoms with Gasteiger partial charge in [-0.25, -0.2) is 0 Å². The monoisotopic (exact) mass is 626 g/mol. The van der Waals surface area contributed by atoms with Crippen LogP contribution in [0.5, 0.6) is 0 Å². The zero-order valence-electron chi connectivity index (χ0n) is 26.6. The van der Waals surface area contributed by atoms with E-state index in [0.29, 0.717) is 0 Å². The molecule has 230 valence electrons. The predicted octanol–water partition coefficient (Wildman–Crippen LogP) is 13.0. The van der Waals surface area contributed by atoms with Crippen molar-refractivity contribution in [3.63, 3.8) is 0 Å². The Morgan fingerprint density at radius 1 is 0.408 bits per heavy atom. The highest BCUT2D eigenvalue weighted by Gasteiger charge is 2.17. The molecule has 2 aromatic heterocycles. The van der Waals surface area contributed by atoms with Crippen LogP contribution in [0.1, 0.15) is 0 Å². The molecule has 10 aromatic rings. The van der Waals surface area contributed by atoms with E-state index in [1.807, 2.05) is 12.1 Å². The first-order chi connectivity index (χ1) is 24.3. The molecule has 0 amide bonds. The lowest BCUT2D eigenvalue weighted by Crippen LogP contribution is -2.10. The summed E-state index contributed by atoms with van der Waals surface area (Å²) in [6.45, 7) is 0. The molecule has 0 N–H and O–H groups in total. The van der Waals surface area contributed by atoms with Crippen molar-refractivity contribution in [2.45, 2.75) is 0 Å². The Bertz CT molecular complexity index is 2810. The lowest BCUT2D eigenvalue weighted by molar-refractivity contribution is 0.670. The third-order valence-electron chi connectivity index (χ3n) is 9.78. The van der Waals surface area contributed by atoms with Gasteiger partial charge >= 0.3 is 0 Å². The van der Waals surface area contributed by atoms with Crippen molar-refractivity contribution in [3.8, 4) is 16.8 Å². The van der Waals surface area contributed by atoms with Crippen LogP contribution in [0.3, 0.4) is 0 Å². The summed E-state index contributed by atoms with van der Waals surface area (Å²) >= 11 is 0. The molecule has 0 aliphatic carbocycles. The molecule has 0 aliphatic heterocycles. The number of para-hydroxylation sites is 4. The van der Waals surface area contributed by atoms with Crippen LogP contribution in [0.4, 0.5) is 17.1 Å². The summed E-state index contributed by atoms with van der Waals surface area (Å²) in [6, 6.07) is 64.9. The third kappa shape index (κ3) is 4.37. The topological polar surface area (TPSA) is 21.3 Å². The molecule has 10 rings (SSSR count). The van der Waals surface area contributed by atoms with Crippen molar-refractivity contribution in [3.05, 3.63) is 182 Å². The summed E-state index contributed by atoms with van der Waals surface area (Å²) in [5, 5.41) is 7.38. The van der Waals surface area contributed by atoms with E-state index in [1.54, 1.807) is 0 Å². The maximum atomic E-state index is 6.36. The fourth-order valence-electron chi connectivity index (χ4n) is 7.56. The largest absolute Gasteiger partial charge is 0.455 e. The van der Waals surface area contributed by atoms with Gasteiger partial charge < -0.3 is 13.9 Å². The first-order valence-corrected chi connectivity index (χ1v) is 16.7. The van der Waals surface area contributed by atoms with Gasteiger partial charge in [0.1, 0.15) is 11.2 Å². The molecule has 0 saturated carbocycles. The zero-order chi connectivity index (χ0) is 32.3. The molecule has 0 radical (unpaired) electrons. The molecule has 3 nitrogen and oxygen atoms in total. The summed E-state index contributed by atoms with van der Waals surface area (Å²) in [5.41, 5.74) is 10.9. The number of benzene rings is 8. The molecule has 2 heterocycles. The maximum Gasteiger partial charge on any atom is 0.143 e. The number of hydrogen-bond acceptors (Lipinski definition) is 2. The summed E-state index contributed by atoms with van der Waals surface area (Å²) in [6.07, 6.45) is 0. The second-order valence-corrected chi connectivity index (χ2v) is 12.5. The van der Waals surface area contributed by atoms with Crippen LogP contribution >= 0.6 is 0 Å². The quantitative estimate of drug-likeness (QED) is 0.190. The minimum absolute atomic E-state index is 0.912. The van der Waals surface area contributed by atoms with Crippen molar-refractivity contribution < 1.29 is 4.42 Å². The first kappa shape index (κ1) is 27.5. The molecule has 0 unspecified atom stereocenters. The van der Waals surface area contributed by atoms with Gasteiger partial charge in [0.05, 0.1) is 11.0 Å². The SMILES string of the molecule is c1ccc(N(c2ccc(-c3cccc4c3oc3ccccc34)cc2)c2ccc(-n3c4ccccc4c4c5ccccc5ccc43)cc2)cc1. The molecule has 0 aliphatic rings. The highest BCUT2D eigenvalue weighted by molar-refractivity contribution is 6.21. The average Bonchev–Trinajstić information content (AvgIpc) is 3.72. The van der Waals surface area contributed by atoms with Gasteiger partial charge in [0.15, 0.2) is 0 Å². The van der Waals surface area contributed by atoms with Crippen molar-refractivity contribution in [2.24, 2.45) is 0 Å². The van der Waals surface area contributed by atoms with Crippen LogP contribution in [-0.2, 0) is 0 Å².